The van der Waals surface area contributed by atoms with Crippen LogP contribution in [0.1, 0.15) is 48.6 Å². The quantitative estimate of drug-likeness (QED) is 0.906. The summed E-state index contributed by atoms with van der Waals surface area (Å²) in [7, 11) is 0. The first kappa shape index (κ1) is 13.1. The van der Waals surface area contributed by atoms with Crippen LogP contribution in [0.5, 0.6) is 5.75 Å². The van der Waals surface area contributed by atoms with Crippen LogP contribution >= 0.6 is 0 Å². The monoisotopic (exact) mass is 273 g/mol. The summed E-state index contributed by atoms with van der Waals surface area (Å²) in [5.74, 6) is 2.09. The van der Waals surface area contributed by atoms with E-state index < -0.39 is 0 Å². The lowest BCUT2D eigenvalue weighted by Gasteiger charge is -2.07. The Labute approximate surface area is 118 Å². The molecule has 0 bridgehead atoms. The number of rotatable bonds is 5. The van der Waals surface area contributed by atoms with Crippen molar-refractivity contribution in [3.05, 3.63) is 41.0 Å². The highest BCUT2D eigenvalue weighted by Crippen LogP contribution is 2.31. The number of aryl methyl sites for hydroxylation is 2. The Hall–Kier alpha value is -1.88. The van der Waals surface area contributed by atoms with E-state index in [1.807, 2.05) is 6.07 Å². The normalized spacial score (nSPS) is 17.2. The summed E-state index contributed by atoms with van der Waals surface area (Å²) in [6, 6.07) is 6.24. The van der Waals surface area contributed by atoms with Gasteiger partial charge in [-0.3, -0.25) is 0 Å². The van der Waals surface area contributed by atoms with Gasteiger partial charge < -0.3 is 15.0 Å². The van der Waals surface area contributed by atoms with E-state index in [-0.39, 0.29) is 6.04 Å². The molecule has 2 N–H and O–H groups in total. The Morgan fingerprint density at radius 1 is 1.45 bits per heavy atom. The molecule has 5 heteroatoms. The van der Waals surface area contributed by atoms with Crippen molar-refractivity contribution in [2.24, 2.45) is 5.73 Å². The fourth-order valence-corrected chi connectivity index (χ4v) is 2.54. The largest absolute Gasteiger partial charge is 0.484 e. The first-order valence-electron chi connectivity index (χ1n) is 7.09. The van der Waals surface area contributed by atoms with Crippen molar-refractivity contribution < 1.29 is 9.26 Å². The smallest absolute Gasteiger partial charge is 0.264 e. The van der Waals surface area contributed by atoms with Crippen molar-refractivity contribution in [3.8, 4) is 5.75 Å². The molecule has 2 aromatic rings. The van der Waals surface area contributed by atoms with Crippen LogP contribution in [0, 0.1) is 0 Å². The Morgan fingerprint density at radius 3 is 3.20 bits per heavy atom. The van der Waals surface area contributed by atoms with Crippen LogP contribution in [0.2, 0.25) is 0 Å². The molecule has 0 fully saturated rings. The molecular weight excluding hydrogens is 254 g/mol. The second-order valence-electron chi connectivity index (χ2n) is 5.15. The number of fused-ring (bicyclic) bond motifs is 1. The molecule has 0 radical (unpaired) electrons. The summed E-state index contributed by atoms with van der Waals surface area (Å²) in [6.07, 6.45) is 3.88. The van der Waals surface area contributed by atoms with Crippen LogP contribution in [0.15, 0.2) is 22.7 Å². The third-order valence-corrected chi connectivity index (χ3v) is 3.58. The van der Waals surface area contributed by atoms with Crippen molar-refractivity contribution in [3.63, 3.8) is 0 Å². The van der Waals surface area contributed by atoms with Gasteiger partial charge in [0, 0.05) is 12.5 Å². The number of nitrogens with zero attached hydrogens (tertiary/aromatic N) is 2. The molecule has 0 amide bonds. The molecule has 5 nitrogen and oxygen atoms in total. The SMILES string of the molecule is CCCc1noc(COc2ccc3c(c2)CC[C@@H]3N)n1. The third-order valence-electron chi connectivity index (χ3n) is 3.58. The third kappa shape index (κ3) is 2.67. The second kappa shape index (κ2) is 5.63. The Morgan fingerprint density at radius 2 is 2.35 bits per heavy atom. The predicted octanol–water partition coefficient (Wildman–Crippen LogP) is 2.55. The Bertz CT molecular complexity index is 595. The Balaban J connectivity index is 1.63. The molecule has 3 rings (SSSR count). The van der Waals surface area contributed by atoms with Crippen molar-refractivity contribution in [1.82, 2.24) is 10.1 Å². The molecule has 1 aromatic carbocycles. The average Bonchev–Trinajstić information content (AvgIpc) is 3.04. The topological polar surface area (TPSA) is 74.2 Å². The van der Waals surface area contributed by atoms with E-state index in [0.29, 0.717) is 12.5 Å². The van der Waals surface area contributed by atoms with Crippen LogP contribution in [-0.4, -0.2) is 10.1 Å². The minimum absolute atomic E-state index is 0.173. The molecule has 0 aliphatic heterocycles. The fraction of sp³-hybridized carbons (Fsp3) is 0.467. The maximum Gasteiger partial charge on any atom is 0.264 e. The van der Waals surface area contributed by atoms with Crippen LogP contribution in [-0.2, 0) is 19.4 Å². The summed E-state index contributed by atoms with van der Waals surface area (Å²) >= 11 is 0. The van der Waals surface area contributed by atoms with E-state index in [2.05, 4.69) is 29.2 Å². The standard InChI is InChI=1S/C15H19N3O2/c1-2-3-14-17-15(20-18-14)9-19-11-5-6-12-10(8-11)4-7-13(12)16/h5-6,8,13H,2-4,7,9,16H2,1H3/t13-/m0/s1. The van der Waals surface area contributed by atoms with Crippen molar-refractivity contribution in [2.45, 2.75) is 45.3 Å². The molecule has 0 saturated carbocycles. The van der Waals surface area contributed by atoms with Gasteiger partial charge in [0.05, 0.1) is 0 Å². The van der Waals surface area contributed by atoms with Gasteiger partial charge in [-0.1, -0.05) is 18.1 Å². The fourth-order valence-electron chi connectivity index (χ4n) is 2.54. The summed E-state index contributed by atoms with van der Waals surface area (Å²) in [5.41, 5.74) is 8.54. The summed E-state index contributed by atoms with van der Waals surface area (Å²) < 4.78 is 10.8. The maximum atomic E-state index is 6.02. The van der Waals surface area contributed by atoms with Gasteiger partial charge in [0.1, 0.15) is 5.75 Å². The van der Waals surface area contributed by atoms with Crippen molar-refractivity contribution in [2.75, 3.05) is 0 Å². The molecule has 1 aliphatic carbocycles. The van der Waals surface area contributed by atoms with Crippen LogP contribution in [0.25, 0.3) is 0 Å². The first-order chi connectivity index (χ1) is 9.76. The zero-order valence-corrected chi connectivity index (χ0v) is 11.6. The molecule has 1 heterocycles. The molecule has 1 aliphatic rings. The highest BCUT2D eigenvalue weighted by Gasteiger charge is 2.19. The number of benzene rings is 1. The minimum atomic E-state index is 0.173. The minimum Gasteiger partial charge on any atom is -0.484 e. The number of ether oxygens (including phenoxy) is 1. The molecule has 0 saturated heterocycles. The predicted molar refractivity (Wildman–Crippen MR) is 74.3 cm³/mol. The zero-order valence-electron chi connectivity index (χ0n) is 11.6. The lowest BCUT2D eigenvalue weighted by molar-refractivity contribution is 0.242. The van der Waals surface area contributed by atoms with Crippen LogP contribution in [0.4, 0.5) is 0 Å². The molecular formula is C15H19N3O2. The van der Waals surface area contributed by atoms with Gasteiger partial charge in [-0.05, 0) is 42.5 Å². The number of hydrogen-bond donors (Lipinski definition) is 1. The molecule has 20 heavy (non-hydrogen) atoms. The van der Waals surface area contributed by atoms with Gasteiger partial charge in [-0.15, -0.1) is 0 Å². The highest BCUT2D eigenvalue weighted by molar-refractivity contribution is 5.40. The van der Waals surface area contributed by atoms with Gasteiger partial charge in [0.15, 0.2) is 12.4 Å². The average molecular weight is 273 g/mol. The van der Waals surface area contributed by atoms with Crippen LogP contribution in [0.3, 0.4) is 0 Å². The van der Waals surface area contributed by atoms with E-state index in [4.69, 9.17) is 15.0 Å². The van der Waals surface area contributed by atoms with E-state index in [9.17, 15) is 0 Å². The van der Waals surface area contributed by atoms with E-state index >= 15 is 0 Å². The number of hydrogen-bond acceptors (Lipinski definition) is 5. The van der Waals surface area contributed by atoms with E-state index in [1.165, 1.54) is 11.1 Å². The molecule has 0 unspecified atom stereocenters. The van der Waals surface area contributed by atoms with Gasteiger partial charge in [0.25, 0.3) is 5.89 Å². The van der Waals surface area contributed by atoms with Crippen LogP contribution < -0.4 is 10.5 Å². The molecule has 1 atom stereocenters. The maximum absolute atomic E-state index is 6.02. The Kier molecular flexibility index (Phi) is 3.69. The van der Waals surface area contributed by atoms with Gasteiger partial charge >= 0.3 is 0 Å². The highest BCUT2D eigenvalue weighted by atomic mass is 16.5. The van der Waals surface area contributed by atoms with E-state index in [1.54, 1.807) is 0 Å². The van der Waals surface area contributed by atoms with Gasteiger partial charge in [-0.2, -0.15) is 4.98 Å². The second-order valence-corrected chi connectivity index (χ2v) is 5.15. The summed E-state index contributed by atoms with van der Waals surface area (Å²) in [5, 5.41) is 3.90. The number of aromatic nitrogens is 2. The van der Waals surface area contributed by atoms with Gasteiger partial charge in [-0.25, -0.2) is 0 Å². The lowest BCUT2D eigenvalue weighted by Crippen LogP contribution is -2.05. The summed E-state index contributed by atoms with van der Waals surface area (Å²) in [6.45, 7) is 2.39. The molecule has 0 spiro atoms. The summed E-state index contributed by atoms with van der Waals surface area (Å²) in [4.78, 5) is 4.28. The van der Waals surface area contributed by atoms with Crippen molar-refractivity contribution >= 4 is 0 Å². The lowest BCUT2D eigenvalue weighted by atomic mass is 10.1. The number of nitrogens with two attached hydrogens (primary N) is 1. The molecule has 106 valence electrons. The zero-order chi connectivity index (χ0) is 13.9. The molecule has 1 aromatic heterocycles. The first-order valence-corrected chi connectivity index (χ1v) is 7.09. The van der Waals surface area contributed by atoms with Gasteiger partial charge in [0.2, 0.25) is 0 Å². The van der Waals surface area contributed by atoms with E-state index in [0.717, 1.165) is 37.3 Å². The van der Waals surface area contributed by atoms with Crippen molar-refractivity contribution in [1.29, 1.82) is 0 Å².